The molecule has 0 unspecified atom stereocenters. The second-order valence-corrected chi connectivity index (χ2v) is 8.54. The normalized spacial score (nSPS) is 23.6. The number of likely N-dealkylation sites (tertiary alicyclic amines) is 1. The zero-order chi connectivity index (χ0) is 19.1. The fourth-order valence-electron chi connectivity index (χ4n) is 4.31. The molecule has 0 spiro atoms. The van der Waals surface area contributed by atoms with Gasteiger partial charge in [-0.05, 0) is 43.7 Å². The van der Waals surface area contributed by atoms with E-state index in [1.54, 1.807) is 11.3 Å². The van der Waals surface area contributed by atoms with E-state index in [0.29, 0.717) is 11.6 Å². The van der Waals surface area contributed by atoms with Crippen molar-refractivity contribution in [1.82, 2.24) is 9.88 Å². The Kier molecular flexibility index (Phi) is 4.45. The second kappa shape index (κ2) is 7.11. The van der Waals surface area contributed by atoms with Gasteiger partial charge in [0.1, 0.15) is 0 Å². The van der Waals surface area contributed by atoms with E-state index in [2.05, 4.69) is 11.0 Å². The highest BCUT2D eigenvalue weighted by atomic mass is 32.1. The van der Waals surface area contributed by atoms with Crippen molar-refractivity contribution in [3.63, 3.8) is 0 Å². The number of carbonyl (C=O) groups is 2. The van der Waals surface area contributed by atoms with Crippen molar-refractivity contribution in [1.29, 1.82) is 0 Å². The molecule has 2 aromatic carbocycles. The summed E-state index contributed by atoms with van der Waals surface area (Å²) >= 11 is 1.75. The average Bonchev–Trinajstić information content (AvgIpc) is 3.29. The van der Waals surface area contributed by atoms with Gasteiger partial charge in [0.05, 0.1) is 33.4 Å². The summed E-state index contributed by atoms with van der Waals surface area (Å²) in [5.41, 5.74) is 1.71. The molecule has 28 heavy (non-hydrogen) atoms. The van der Waals surface area contributed by atoms with Gasteiger partial charge >= 0.3 is 0 Å². The van der Waals surface area contributed by atoms with Gasteiger partial charge in [0.2, 0.25) is 5.91 Å². The zero-order valence-corrected chi connectivity index (χ0v) is 16.3. The summed E-state index contributed by atoms with van der Waals surface area (Å²) in [4.78, 5) is 34.0. The zero-order valence-electron chi connectivity index (χ0n) is 15.5. The number of para-hydroxylation sites is 2. The number of hydrogen-bond acceptors (Lipinski definition) is 5. The summed E-state index contributed by atoms with van der Waals surface area (Å²) in [6.45, 7) is 1.64. The molecule has 2 saturated heterocycles. The van der Waals surface area contributed by atoms with Gasteiger partial charge < -0.3 is 0 Å². The van der Waals surface area contributed by atoms with Crippen LogP contribution in [0.2, 0.25) is 0 Å². The average molecular weight is 391 g/mol. The predicted molar refractivity (Wildman–Crippen MR) is 111 cm³/mol. The number of carbonyl (C=O) groups excluding carboxylic acids is 2. The van der Waals surface area contributed by atoms with Crippen LogP contribution in [0.15, 0.2) is 54.6 Å². The number of imide groups is 1. The highest BCUT2D eigenvalue weighted by Gasteiger charge is 2.44. The van der Waals surface area contributed by atoms with E-state index in [1.165, 1.54) is 9.60 Å². The standard InChI is InChI=1S/C22H21N3O2S/c26-20-13-18(22(27)25(20)16-8-2-1-3-9-16)24-12-6-7-15(14-24)21-23-17-10-4-5-11-19(17)28-21/h1-5,8-11,15,18H,6-7,12-14H2/t15-,18-/m1/s1. The Hall–Kier alpha value is -2.57. The highest BCUT2D eigenvalue weighted by Crippen LogP contribution is 2.35. The van der Waals surface area contributed by atoms with Crippen LogP contribution in [-0.4, -0.2) is 40.8 Å². The molecule has 3 heterocycles. The number of nitrogens with zero attached hydrogens (tertiary/aromatic N) is 3. The number of rotatable bonds is 3. The molecule has 0 aliphatic carbocycles. The first-order chi connectivity index (χ1) is 13.7. The van der Waals surface area contributed by atoms with E-state index in [1.807, 2.05) is 48.5 Å². The minimum atomic E-state index is -0.357. The lowest BCUT2D eigenvalue weighted by Crippen LogP contribution is -2.46. The Bertz CT molecular complexity index is 999. The van der Waals surface area contributed by atoms with Gasteiger partial charge in [-0.1, -0.05) is 30.3 Å². The van der Waals surface area contributed by atoms with Gasteiger partial charge in [-0.25, -0.2) is 9.88 Å². The molecule has 5 rings (SSSR count). The Morgan fingerprint density at radius 1 is 1.00 bits per heavy atom. The van der Waals surface area contributed by atoms with Crippen molar-refractivity contribution in [2.24, 2.45) is 0 Å². The van der Waals surface area contributed by atoms with Gasteiger partial charge in [-0.2, -0.15) is 0 Å². The molecule has 2 aliphatic rings. The third-order valence-electron chi connectivity index (χ3n) is 5.69. The van der Waals surface area contributed by atoms with Gasteiger partial charge in [0.15, 0.2) is 0 Å². The molecule has 0 bridgehead atoms. The van der Waals surface area contributed by atoms with Crippen LogP contribution < -0.4 is 4.90 Å². The molecule has 1 aromatic heterocycles. The largest absolute Gasteiger partial charge is 0.291 e. The van der Waals surface area contributed by atoms with Crippen LogP contribution in [0.25, 0.3) is 10.2 Å². The minimum Gasteiger partial charge on any atom is -0.291 e. The molecular weight excluding hydrogens is 370 g/mol. The topological polar surface area (TPSA) is 53.5 Å². The summed E-state index contributed by atoms with van der Waals surface area (Å²) in [6, 6.07) is 17.1. The summed E-state index contributed by atoms with van der Waals surface area (Å²) < 4.78 is 1.21. The molecule has 2 aliphatic heterocycles. The van der Waals surface area contributed by atoms with E-state index >= 15 is 0 Å². The SMILES string of the molecule is O=C1C[C@@H](N2CCC[C@@H](c3nc4ccccc4s3)C2)C(=O)N1c1ccccc1. The molecule has 142 valence electrons. The van der Waals surface area contributed by atoms with Gasteiger partial charge in [-0.15, -0.1) is 11.3 Å². The molecule has 6 heteroatoms. The maximum absolute atomic E-state index is 13.1. The number of aromatic nitrogens is 1. The number of thiazole rings is 1. The minimum absolute atomic E-state index is 0.0962. The third kappa shape index (κ3) is 3.02. The summed E-state index contributed by atoms with van der Waals surface area (Å²) in [7, 11) is 0. The van der Waals surface area contributed by atoms with Crippen molar-refractivity contribution >= 4 is 39.1 Å². The van der Waals surface area contributed by atoms with Crippen molar-refractivity contribution in [2.45, 2.75) is 31.2 Å². The molecule has 3 aromatic rings. The fourth-order valence-corrected chi connectivity index (χ4v) is 5.40. The molecule has 2 fully saturated rings. The lowest BCUT2D eigenvalue weighted by atomic mass is 9.97. The molecule has 0 N–H and O–H groups in total. The quantitative estimate of drug-likeness (QED) is 0.637. The van der Waals surface area contributed by atoms with Crippen LogP contribution in [0.4, 0.5) is 5.69 Å². The van der Waals surface area contributed by atoms with Crippen LogP contribution in [0.3, 0.4) is 0 Å². The summed E-state index contributed by atoms with van der Waals surface area (Å²) in [5, 5.41) is 1.14. The Morgan fingerprint density at radius 2 is 1.79 bits per heavy atom. The monoisotopic (exact) mass is 391 g/mol. The summed E-state index contributed by atoms with van der Waals surface area (Å²) in [6.07, 6.45) is 2.36. The molecule has 0 radical (unpaired) electrons. The first-order valence-corrected chi connectivity index (χ1v) is 10.5. The molecule has 2 amide bonds. The number of benzene rings is 2. The van der Waals surface area contributed by atoms with Crippen molar-refractivity contribution in [3.8, 4) is 0 Å². The molecule has 2 atom stereocenters. The van der Waals surface area contributed by atoms with E-state index in [-0.39, 0.29) is 24.3 Å². The number of amides is 2. The van der Waals surface area contributed by atoms with Gasteiger partial charge in [0, 0.05) is 12.5 Å². The maximum Gasteiger partial charge on any atom is 0.251 e. The Morgan fingerprint density at radius 3 is 2.61 bits per heavy atom. The Balaban J connectivity index is 1.36. The molecule has 5 nitrogen and oxygen atoms in total. The number of fused-ring (bicyclic) bond motifs is 1. The number of anilines is 1. The van der Waals surface area contributed by atoms with Crippen LogP contribution in [0.5, 0.6) is 0 Å². The van der Waals surface area contributed by atoms with Crippen LogP contribution >= 0.6 is 11.3 Å². The van der Waals surface area contributed by atoms with Crippen molar-refractivity contribution < 1.29 is 9.59 Å². The first-order valence-electron chi connectivity index (χ1n) is 9.72. The highest BCUT2D eigenvalue weighted by molar-refractivity contribution is 7.18. The Labute approximate surface area is 167 Å². The van der Waals surface area contributed by atoms with Crippen molar-refractivity contribution in [2.75, 3.05) is 18.0 Å². The van der Waals surface area contributed by atoms with Gasteiger partial charge in [0.25, 0.3) is 5.91 Å². The fraction of sp³-hybridized carbons (Fsp3) is 0.318. The summed E-state index contributed by atoms with van der Waals surface area (Å²) in [5.74, 6) is 0.115. The van der Waals surface area contributed by atoms with E-state index in [4.69, 9.17) is 4.98 Å². The lowest BCUT2D eigenvalue weighted by Gasteiger charge is -2.34. The first kappa shape index (κ1) is 17.5. The maximum atomic E-state index is 13.1. The number of hydrogen-bond donors (Lipinski definition) is 0. The van der Waals surface area contributed by atoms with E-state index in [9.17, 15) is 9.59 Å². The number of piperidine rings is 1. The van der Waals surface area contributed by atoms with E-state index < -0.39 is 0 Å². The molecular formula is C22H21N3O2S. The van der Waals surface area contributed by atoms with Gasteiger partial charge in [-0.3, -0.25) is 14.5 Å². The lowest BCUT2D eigenvalue weighted by molar-refractivity contribution is -0.123. The van der Waals surface area contributed by atoms with Crippen LogP contribution in [0.1, 0.15) is 30.2 Å². The second-order valence-electron chi connectivity index (χ2n) is 7.48. The van der Waals surface area contributed by atoms with E-state index in [0.717, 1.165) is 36.5 Å². The predicted octanol–water partition coefficient (Wildman–Crippen LogP) is 3.81. The molecule has 0 saturated carbocycles. The third-order valence-corrected chi connectivity index (χ3v) is 6.89. The van der Waals surface area contributed by atoms with Crippen LogP contribution in [-0.2, 0) is 9.59 Å². The van der Waals surface area contributed by atoms with Crippen LogP contribution in [0, 0.1) is 0 Å². The smallest absolute Gasteiger partial charge is 0.251 e. The van der Waals surface area contributed by atoms with Crippen molar-refractivity contribution in [3.05, 3.63) is 59.6 Å².